The van der Waals surface area contributed by atoms with Crippen LogP contribution in [0.15, 0.2) is 0 Å². The summed E-state index contributed by atoms with van der Waals surface area (Å²) < 4.78 is 10.9. The molecule has 0 aliphatic carbocycles. The van der Waals surface area contributed by atoms with Crippen molar-refractivity contribution in [3.63, 3.8) is 0 Å². The molecule has 1 aliphatic heterocycles. The van der Waals surface area contributed by atoms with Gasteiger partial charge in [-0.05, 0) is 26.2 Å². The molecule has 0 unspecified atom stereocenters. The fraction of sp³-hybridized carbons (Fsp3) is 0.923. The highest BCUT2D eigenvalue weighted by Crippen LogP contribution is 2.14. The molecule has 1 saturated heterocycles. The van der Waals surface area contributed by atoms with Crippen molar-refractivity contribution in [1.29, 1.82) is 0 Å². The zero-order valence-electron chi connectivity index (χ0n) is 11.6. The fourth-order valence-corrected chi connectivity index (χ4v) is 2.07. The van der Waals surface area contributed by atoms with Gasteiger partial charge in [0.2, 0.25) is 5.91 Å². The van der Waals surface area contributed by atoms with E-state index in [0.29, 0.717) is 19.6 Å². The number of hydrogen-bond donors (Lipinski definition) is 1. The van der Waals surface area contributed by atoms with Crippen LogP contribution in [0.25, 0.3) is 0 Å². The summed E-state index contributed by atoms with van der Waals surface area (Å²) in [4.78, 5) is 13.7. The number of carbonyl (C=O) groups excluding carboxylic acids is 1. The van der Waals surface area contributed by atoms with E-state index in [-0.39, 0.29) is 18.1 Å². The van der Waals surface area contributed by atoms with E-state index in [1.807, 2.05) is 18.7 Å². The van der Waals surface area contributed by atoms with Crippen LogP contribution in [0.3, 0.4) is 0 Å². The molecule has 0 spiro atoms. The van der Waals surface area contributed by atoms with Crippen LogP contribution in [0.2, 0.25) is 0 Å². The second-order valence-corrected chi connectivity index (χ2v) is 4.61. The van der Waals surface area contributed by atoms with Crippen molar-refractivity contribution >= 4 is 5.91 Å². The molecule has 1 amide bonds. The lowest BCUT2D eigenvalue weighted by Gasteiger charge is -2.33. The number of hydrogen-bond acceptors (Lipinski definition) is 4. The largest absolute Gasteiger partial charge is 0.379 e. The first-order chi connectivity index (χ1) is 8.69. The number of likely N-dealkylation sites (tertiary alicyclic amines) is 1. The maximum Gasteiger partial charge on any atom is 0.239 e. The predicted octanol–water partition coefficient (Wildman–Crippen LogP) is 0.768. The molecular formula is C13H26N2O3. The second kappa shape index (κ2) is 8.45. The number of nitrogens with zero attached hydrogens (tertiary/aromatic N) is 1. The Kier molecular flexibility index (Phi) is 7.23. The van der Waals surface area contributed by atoms with Crippen molar-refractivity contribution in [2.75, 3.05) is 32.9 Å². The molecule has 5 nitrogen and oxygen atoms in total. The van der Waals surface area contributed by atoms with Gasteiger partial charge in [0, 0.05) is 19.7 Å². The summed E-state index contributed by atoms with van der Waals surface area (Å²) in [7, 11) is 0. The Morgan fingerprint density at radius 3 is 2.56 bits per heavy atom. The highest BCUT2D eigenvalue weighted by Gasteiger charge is 2.25. The van der Waals surface area contributed by atoms with E-state index in [4.69, 9.17) is 15.2 Å². The SMILES string of the molecule is CCOCCOC1CCN(C(=O)[C@H](N)CC)CC1. The fourth-order valence-electron chi connectivity index (χ4n) is 2.07. The standard InChI is InChI=1S/C13H26N2O3/c1-3-12(14)13(16)15-7-5-11(6-8-15)18-10-9-17-4-2/h11-12H,3-10,14H2,1-2H3/t12-/m1/s1. The Balaban J connectivity index is 2.18. The maximum absolute atomic E-state index is 11.9. The van der Waals surface area contributed by atoms with Gasteiger partial charge in [-0.2, -0.15) is 0 Å². The number of rotatable bonds is 7. The molecule has 0 bridgehead atoms. The lowest BCUT2D eigenvalue weighted by atomic mass is 10.1. The highest BCUT2D eigenvalue weighted by molar-refractivity contribution is 5.81. The smallest absolute Gasteiger partial charge is 0.239 e. The van der Waals surface area contributed by atoms with Crippen LogP contribution < -0.4 is 5.73 Å². The number of amides is 1. The first-order valence-corrected chi connectivity index (χ1v) is 6.92. The molecule has 0 radical (unpaired) electrons. The van der Waals surface area contributed by atoms with E-state index in [0.717, 1.165) is 32.5 Å². The Morgan fingerprint density at radius 1 is 1.33 bits per heavy atom. The molecule has 1 atom stereocenters. The molecule has 0 saturated carbocycles. The van der Waals surface area contributed by atoms with Crippen molar-refractivity contribution in [1.82, 2.24) is 4.90 Å². The summed E-state index contributed by atoms with van der Waals surface area (Å²) in [6.45, 7) is 7.44. The van der Waals surface area contributed by atoms with E-state index in [2.05, 4.69) is 0 Å². The van der Waals surface area contributed by atoms with Crippen LogP contribution >= 0.6 is 0 Å². The van der Waals surface area contributed by atoms with Crippen molar-refractivity contribution in [3.05, 3.63) is 0 Å². The third-order valence-corrected chi connectivity index (χ3v) is 3.30. The van der Waals surface area contributed by atoms with Crippen LogP contribution in [0.4, 0.5) is 0 Å². The Hall–Kier alpha value is -0.650. The van der Waals surface area contributed by atoms with E-state index in [9.17, 15) is 4.79 Å². The monoisotopic (exact) mass is 258 g/mol. The average molecular weight is 258 g/mol. The van der Waals surface area contributed by atoms with Gasteiger partial charge in [0.15, 0.2) is 0 Å². The molecular weight excluding hydrogens is 232 g/mol. The van der Waals surface area contributed by atoms with Gasteiger partial charge >= 0.3 is 0 Å². The minimum atomic E-state index is -0.347. The Bertz CT molecular complexity index is 240. The first-order valence-electron chi connectivity index (χ1n) is 6.92. The van der Waals surface area contributed by atoms with Gasteiger partial charge in [0.05, 0.1) is 25.4 Å². The van der Waals surface area contributed by atoms with Crippen molar-refractivity contribution in [2.45, 2.75) is 45.3 Å². The van der Waals surface area contributed by atoms with E-state index in [1.54, 1.807) is 0 Å². The van der Waals surface area contributed by atoms with Crippen LogP contribution in [0.1, 0.15) is 33.1 Å². The molecule has 2 N–H and O–H groups in total. The summed E-state index contributed by atoms with van der Waals surface area (Å²) in [5.41, 5.74) is 5.76. The lowest BCUT2D eigenvalue weighted by molar-refractivity contribution is -0.135. The molecule has 1 aliphatic rings. The third kappa shape index (κ3) is 4.92. The molecule has 1 rings (SSSR count). The lowest BCUT2D eigenvalue weighted by Crippen LogP contribution is -2.48. The van der Waals surface area contributed by atoms with Gasteiger partial charge in [0.25, 0.3) is 0 Å². The topological polar surface area (TPSA) is 64.8 Å². The van der Waals surface area contributed by atoms with Crippen LogP contribution in [0, 0.1) is 0 Å². The quantitative estimate of drug-likeness (QED) is 0.685. The molecule has 0 aromatic carbocycles. The van der Waals surface area contributed by atoms with E-state index < -0.39 is 0 Å². The molecule has 0 aromatic rings. The molecule has 5 heteroatoms. The average Bonchev–Trinajstić information content (AvgIpc) is 2.42. The summed E-state index contributed by atoms with van der Waals surface area (Å²) in [6.07, 6.45) is 2.75. The number of nitrogens with two attached hydrogens (primary N) is 1. The van der Waals surface area contributed by atoms with Gasteiger partial charge in [-0.25, -0.2) is 0 Å². The zero-order chi connectivity index (χ0) is 13.4. The van der Waals surface area contributed by atoms with E-state index in [1.165, 1.54) is 0 Å². The van der Waals surface area contributed by atoms with Crippen LogP contribution in [-0.2, 0) is 14.3 Å². The van der Waals surface area contributed by atoms with Crippen molar-refractivity contribution in [2.24, 2.45) is 5.73 Å². The second-order valence-electron chi connectivity index (χ2n) is 4.61. The number of ether oxygens (including phenoxy) is 2. The Morgan fingerprint density at radius 2 is 2.00 bits per heavy atom. The van der Waals surface area contributed by atoms with Crippen molar-refractivity contribution < 1.29 is 14.3 Å². The minimum Gasteiger partial charge on any atom is -0.379 e. The molecule has 1 fully saturated rings. The number of piperidine rings is 1. The summed E-state index contributed by atoms with van der Waals surface area (Å²) in [5, 5.41) is 0. The molecule has 106 valence electrons. The predicted molar refractivity (Wildman–Crippen MR) is 70.3 cm³/mol. The molecule has 1 heterocycles. The maximum atomic E-state index is 11.9. The molecule has 18 heavy (non-hydrogen) atoms. The number of carbonyl (C=O) groups is 1. The Labute approximate surface area is 110 Å². The van der Waals surface area contributed by atoms with Gasteiger partial charge in [-0.15, -0.1) is 0 Å². The third-order valence-electron chi connectivity index (χ3n) is 3.30. The summed E-state index contributed by atoms with van der Waals surface area (Å²) in [6, 6.07) is -0.347. The summed E-state index contributed by atoms with van der Waals surface area (Å²) in [5.74, 6) is 0.0743. The first kappa shape index (κ1) is 15.4. The normalized spacial score (nSPS) is 18.9. The molecule has 0 aromatic heterocycles. The zero-order valence-corrected chi connectivity index (χ0v) is 11.6. The highest BCUT2D eigenvalue weighted by atomic mass is 16.5. The van der Waals surface area contributed by atoms with Gasteiger partial charge in [-0.3, -0.25) is 4.79 Å². The summed E-state index contributed by atoms with van der Waals surface area (Å²) >= 11 is 0. The van der Waals surface area contributed by atoms with E-state index >= 15 is 0 Å². The van der Waals surface area contributed by atoms with Gasteiger partial charge in [0.1, 0.15) is 0 Å². The van der Waals surface area contributed by atoms with Gasteiger partial charge in [-0.1, -0.05) is 6.92 Å². The van der Waals surface area contributed by atoms with Crippen LogP contribution in [0.5, 0.6) is 0 Å². The minimum absolute atomic E-state index is 0.0743. The van der Waals surface area contributed by atoms with Crippen molar-refractivity contribution in [3.8, 4) is 0 Å². The van der Waals surface area contributed by atoms with Crippen LogP contribution in [-0.4, -0.2) is 55.9 Å². The van der Waals surface area contributed by atoms with Gasteiger partial charge < -0.3 is 20.1 Å².